The largest absolute Gasteiger partial charge is 0.467 e. The molecule has 3 rings (SSSR count). The zero-order valence-corrected chi connectivity index (χ0v) is 16.4. The fourth-order valence-electron chi connectivity index (χ4n) is 2.64. The summed E-state index contributed by atoms with van der Waals surface area (Å²) in [7, 11) is 0. The predicted molar refractivity (Wildman–Crippen MR) is 110 cm³/mol. The van der Waals surface area contributed by atoms with Crippen molar-refractivity contribution in [2.75, 3.05) is 11.9 Å². The number of ether oxygens (including phenoxy) is 1. The normalized spacial score (nSPS) is 10.4. The Bertz CT molecular complexity index is 1120. The molecule has 1 N–H and O–H groups in total. The number of benzene rings is 2. The Morgan fingerprint density at radius 1 is 1.00 bits per heavy atom. The van der Waals surface area contributed by atoms with Gasteiger partial charge in [0.15, 0.2) is 12.4 Å². The van der Waals surface area contributed by atoms with Crippen LogP contribution >= 0.6 is 0 Å². The summed E-state index contributed by atoms with van der Waals surface area (Å²) in [5.74, 6) is -0.271. The lowest BCUT2D eigenvalue weighted by Gasteiger charge is -2.10. The standard InChI is InChI=1S/C22H21N3O4/c1-14-4-9-19(12-15(14)2)25-22(28)11-10-21(24-25)29-13-20(27)23-18-7-5-17(6-8-18)16(3)26/h4-12H,13H2,1-3H3,(H,23,27). The first kappa shape index (κ1) is 20.0. The Labute approximate surface area is 168 Å². The van der Waals surface area contributed by atoms with E-state index < -0.39 is 0 Å². The number of nitrogens with one attached hydrogen (secondary N) is 1. The molecule has 1 aromatic heterocycles. The van der Waals surface area contributed by atoms with Crippen LogP contribution in [0.2, 0.25) is 0 Å². The van der Waals surface area contributed by atoms with Crippen molar-refractivity contribution < 1.29 is 14.3 Å². The van der Waals surface area contributed by atoms with Gasteiger partial charge in [0.25, 0.3) is 11.5 Å². The maximum atomic E-state index is 12.2. The highest BCUT2D eigenvalue weighted by Gasteiger charge is 2.09. The molecule has 148 valence electrons. The SMILES string of the molecule is CC(=O)c1ccc(NC(=O)COc2ccc(=O)n(-c3ccc(C)c(C)c3)n2)cc1. The van der Waals surface area contributed by atoms with E-state index in [-0.39, 0.29) is 29.7 Å². The third kappa shape index (κ3) is 4.95. The number of nitrogens with zero attached hydrogens (tertiary/aromatic N) is 2. The number of hydrogen-bond acceptors (Lipinski definition) is 5. The molecule has 0 fully saturated rings. The number of aromatic nitrogens is 2. The van der Waals surface area contributed by atoms with E-state index >= 15 is 0 Å². The van der Waals surface area contributed by atoms with Gasteiger partial charge in [-0.15, -0.1) is 5.10 Å². The molecule has 0 unspecified atom stereocenters. The molecule has 0 aliphatic rings. The van der Waals surface area contributed by atoms with Gasteiger partial charge in [0, 0.05) is 23.4 Å². The van der Waals surface area contributed by atoms with Crippen molar-refractivity contribution in [3.05, 3.63) is 81.6 Å². The van der Waals surface area contributed by atoms with Gasteiger partial charge < -0.3 is 10.1 Å². The summed E-state index contributed by atoms with van der Waals surface area (Å²) < 4.78 is 6.67. The maximum absolute atomic E-state index is 12.2. The molecule has 0 aliphatic carbocycles. The van der Waals surface area contributed by atoms with E-state index in [9.17, 15) is 14.4 Å². The average Bonchev–Trinajstić information content (AvgIpc) is 2.70. The summed E-state index contributed by atoms with van der Waals surface area (Å²) in [6, 6.07) is 14.9. The van der Waals surface area contributed by atoms with Crippen LogP contribution in [0, 0.1) is 13.8 Å². The molecule has 0 saturated heterocycles. The number of anilines is 1. The van der Waals surface area contributed by atoms with Crippen molar-refractivity contribution in [2.45, 2.75) is 20.8 Å². The maximum Gasteiger partial charge on any atom is 0.271 e. The monoisotopic (exact) mass is 391 g/mol. The second-order valence-electron chi connectivity index (χ2n) is 6.66. The van der Waals surface area contributed by atoms with Crippen LogP contribution in [0.5, 0.6) is 5.88 Å². The molecule has 1 amide bonds. The number of aryl methyl sites for hydroxylation is 2. The van der Waals surface area contributed by atoms with Crippen LogP contribution in [0.3, 0.4) is 0 Å². The molecule has 0 radical (unpaired) electrons. The number of amides is 1. The highest BCUT2D eigenvalue weighted by Crippen LogP contribution is 2.14. The molecule has 3 aromatic rings. The molecule has 0 bridgehead atoms. The number of hydrogen-bond donors (Lipinski definition) is 1. The number of rotatable bonds is 6. The van der Waals surface area contributed by atoms with Crippen LogP contribution in [-0.2, 0) is 4.79 Å². The third-order valence-corrected chi connectivity index (χ3v) is 4.44. The van der Waals surface area contributed by atoms with Crippen molar-refractivity contribution >= 4 is 17.4 Å². The number of carbonyl (C=O) groups excluding carboxylic acids is 2. The number of ketones is 1. The summed E-state index contributed by atoms with van der Waals surface area (Å²) >= 11 is 0. The van der Waals surface area contributed by atoms with Crippen LogP contribution in [-0.4, -0.2) is 28.1 Å². The molecule has 0 aliphatic heterocycles. The Balaban J connectivity index is 1.67. The van der Waals surface area contributed by atoms with Crippen LogP contribution < -0.4 is 15.6 Å². The molecule has 7 heteroatoms. The highest BCUT2D eigenvalue weighted by atomic mass is 16.5. The summed E-state index contributed by atoms with van der Waals surface area (Å²) in [6.45, 7) is 5.15. The first-order chi connectivity index (χ1) is 13.8. The lowest BCUT2D eigenvalue weighted by molar-refractivity contribution is -0.118. The van der Waals surface area contributed by atoms with E-state index in [0.29, 0.717) is 16.9 Å². The van der Waals surface area contributed by atoms with Crippen LogP contribution in [0.4, 0.5) is 5.69 Å². The summed E-state index contributed by atoms with van der Waals surface area (Å²) in [5, 5.41) is 6.87. The molecule has 29 heavy (non-hydrogen) atoms. The van der Waals surface area contributed by atoms with Gasteiger partial charge in [-0.2, -0.15) is 4.68 Å². The smallest absolute Gasteiger partial charge is 0.271 e. The quantitative estimate of drug-likeness (QED) is 0.652. The third-order valence-electron chi connectivity index (χ3n) is 4.44. The van der Waals surface area contributed by atoms with Crippen LogP contribution in [0.25, 0.3) is 5.69 Å². The second-order valence-corrected chi connectivity index (χ2v) is 6.66. The predicted octanol–water partition coefficient (Wildman–Crippen LogP) is 3.07. The Kier molecular flexibility index (Phi) is 5.87. The lowest BCUT2D eigenvalue weighted by Crippen LogP contribution is -2.24. The van der Waals surface area contributed by atoms with E-state index in [1.165, 1.54) is 23.7 Å². The van der Waals surface area contributed by atoms with Crippen molar-refractivity contribution in [2.24, 2.45) is 0 Å². The molecule has 1 heterocycles. The van der Waals surface area contributed by atoms with Crippen molar-refractivity contribution in [3.63, 3.8) is 0 Å². The minimum atomic E-state index is -0.383. The van der Waals surface area contributed by atoms with Gasteiger partial charge in [0.2, 0.25) is 5.88 Å². The zero-order chi connectivity index (χ0) is 21.0. The Morgan fingerprint density at radius 3 is 2.38 bits per heavy atom. The van der Waals surface area contributed by atoms with Crippen LogP contribution in [0.15, 0.2) is 59.4 Å². The summed E-state index contributed by atoms with van der Waals surface area (Å²) in [4.78, 5) is 35.6. The van der Waals surface area contributed by atoms with Gasteiger partial charge in [-0.1, -0.05) is 6.07 Å². The van der Waals surface area contributed by atoms with Gasteiger partial charge in [0.1, 0.15) is 0 Å². The van der Waals surface area contributed by atoms with Gasteiger partial charge in [-0.25, -0.2) is 0 Å². The second kappa shape index (κ2) is 8.52. The van der Waals surface area contributed by atoms with E-state index in [4.69, 9.17) is 4.74 Å². The van der Waals surface area contributed by atoms with E-state index in [1.54, 1.807) is 30.3 Å². The van der Waals surface area contributed by atoms with Gasteiger partial charge in [0.05, 0.1) is 5.69 Å². The van der Waals surface area contributed by atoms with E-state index in [2.05, 4.69) is 10.4 Å². The molecule has 7 nitrogen and oxygen atoms in total. The minimum Gasteiger partial charge on any atom is -0.467 e. The fourth-order valence-corrected chi connectivity index (χ4v) is 2.64. The molecule has 0 spiro atoms. The lowest BCUT2D eigenvalue weighted by atomic mass is 10.1. The Morgan fingerprint density at radius 2 is 1.72 bits per heavy atom. The summed E-state index contributed by atoms with van der Waals surface area (Å²) in [6.07, 6.45) is 0. The average molecular weight is 391 g/mol. The molecule has 0 saturated carbocycles. The van der Waals surface area contributed by atoms with Crippen molar-refractivity contribution in [1.82, 2.24) is 9.78 Å². The van der Waals surface area contributed by atoms with Gasteiger partial charge in [-0.3, -0.25) is 14.4 Å². The van der Waals surface area contributed by atoms with E-state index in [0.717, 1.165) is 11.1 Å². The topological polar surface area (TPSA) is 90.3 Å². The van der Waals surface area contributed by atoms with E-state index in [1.807, 2.05) is 26.0 Å². The van der Waals surface area contributed by atoms with Crippen molar-refractivity contribution in [3.8, 4) is 11.6 Å². The molecule has 0 atom stereocenters. The van der Waals surface area contributed by atoms with Gasteiger partial charge >= 0.3 is 0 Å². The van der Waals surface area contributed by atoms with Gasteiger partial charge in [-0.05, 0) is 68.3 Å². The molecular formula is C22H21N3O4. The minimum absolute atomic E-state index is 0.0452. The fraction of sp³-hybridized carbons (Fsp3) is 0.182. The molecule has 2 aromatic carbocycles. The summed E-state index contributed by atoms with van der Waals surface area (Å²) in [5.41, 5.74) is 3.60. The molecular weight excluding hydrogens is 370 g/mol. The number of carbonyl (C=O) groups is 2. The Hall–Kier alpha value is -3.74. The van der Waals surface area contributed by atoms with Crippen LogP contribution in [0.1, 0.15) is 28.4 Å². The highest BCUT2D eigenvalue weighted by molar-refractivity contribution is 5.95. The first-order valence-corrected chi connectivity index (χ1v) is 9.05. The zero-order valence-electron chi connectivity index (χ0n) is 16.4. The number of Topliss-reactive ketones (excluding diaryl/α,β-unsaturated/α-hetero) is 1. The first-order valence-electron chi connectivity index (χ1n) is 9.05. The van der Waals surface area contributed by atoms with Crippen molar-refractivity contribution in [1.29, 1.82) is 0 Å².